The largest absolute Gasteiger partial charge is 0.468 e. The molecule has 1 aromatic heterocycles. The first-order valence-electron chi connectivity index (χ1n) is 3.15. The van der Waals surface area contributed by atoms with Gasteiger partial charge in [-0.15, -0.1) is 11.8 Å². The molecular formula is C7H9NO2S. The minimum absolute atomic E-state index is 0.306. The Bertz CT molecular complexity index is 257. The molecule has 3 nitrogen and oxygen atoms in total. The Labute approximate surface area is 68.9 Å². The Morgan fingerprint density at radius 2 is 2.55 bits per heavy atom. The fourth-order valence-corrected chi connectivity index (χ4v) is 1.37. The lowest BCUT2D eigenvalue weighted by molar-refractivity contribution is -0.115. The van der Waals surface area contributed by atoms with Crippen LogP contribution in [-0.4, -0.2) is 11.7 Å². The molecule has 2 N–H and O–H groups in total. The minimum atomic E-state index is -0.310. The predicted octanol–water partition coefficient (Wildman–Crippen LogP) is 1.17. The smallest absolute Gasteiger partial charge is 0.227 e. The van der Waals surface area contributed by atoms with Gasteiger partial charge in [-0.25, -0.2) is 0 Å². The van der Waals surface area contributed by atoms with Crippen molar-refractivity contribution < 1.29 is 9.21 Å². The Hall–Kier alpha value is -0.900. The number of hydrogen-bond donors (Lipinski definition) is 1. The molecule has 0 fully saturated rings. The molecule has 0 saturated heterocycles. The Morgan fingerprint density at radius 3 is 3.00 bits per heavy atom. The molecule has 1 rings (SSSR count). The molecule has 4 heteroatoms. The molecule has 0 aliphatic heterocycles. The van der Waals surface area contributed by atoms with Crippen LogP contribution in [0.25, 0.3) is 0 Å². The van der Waals surface area contributed by atoms with Gasteiger partial charge < -0.3 is 10.2 Å². The lowest BCUT2D eigenvalue weighted by Crippen LogP contribution is -2.12. The van der Waals surface area contributed by atoms with Gasteiger partial charge in [0.05, 0.1) is 12.0 Å². The first-order valence-corrected chi connectivity index (χ1v) is 4.14. The van der Waals surface area contributed by atoms with E-state index in [0.29, 0.717) is 5.75 Å². The van der Waals surface area contributed by atoms with Crippen LogP contribution in [0.15, 0.2) is 21.6 Å². The summed E-state index contributed by atoms with van der Waals surface area (Å²) in [4.78, 5) is 11.4. The summed E-state index contributed by atoms with van der Waals surface area (Å²) in [5, 5.41) is 0. The van der Waals surface area contributed by atoms with Crippen LogP contribution in [0.1, 0.15) is 5.76 Å². The Kier molecular flexibility index (Phi) is 2.59. The monoisotopic (exact) mass is 171 g/mol. The number of furan rings is 1. The third-order valence-corrected chi connectivity index (χ3v) is 2.34. The molecule has 1 aromatic rings. The standard InChI is InChI=1S/C7H9NO2S/c1-5-6(2-3-10-5)11-4-7(8)9/h2-3H,4H2,1H3,(H2,8,9). The molecule has 0 aliphatic carbocycles. The van der Waals surface area contributed by atoms with E-state index in [0.717, 1.165) is 10.7 Å². The van der Waals surface area contributed by atoms with Gasteiger partial charge in [0.2, 0.25) is 5.91 Å². The van der Waals surface area contributed by atoms with E-state index in [1.165, 1.54) is 11.8 Å². The Morgan fingerprint density at radius 1 is 1.82 bits per heavy atom. The number of carbonyl (C=O) groups excluding carboxylic acids is 1. The SMILES string of the molecule is Cc1occc1SCC(N)=O. The van der Waals surface area contributed by atoms with E-state index in [9.17, 15) is 4.79 Å². The molecule has 0 aromatic carbocycles. The van der Waals surface area contributed by atoms with Crippen LogP contribution >= 0.6 is 11.8 Å². The lowest BCUT2D eigenvalue weighted by Gasteiger charge is -1.93. The molecule has 60 valence electrons. The highest BCUT2D eigenvalue weighted by Crippen LogP contribution is 2.22. The minimum Gasteiger partial charge on any atom is -0.468 e. The number of aryl methyl sites for hydroxylation is 1. The van der Waals surface area contributed by atoms with E-state index < -0.39 is 0 Å². The second kappa shape index (κ2) is 3.48. The molecule has 0 atom stereocenters. The Balaban J connectivity index is 2.51. The van der Waals surface area contributed by atoms with E-state index in [2.05, 4.69) is 0 Å². The summed E-state index contributed by atoms with van der Waals surface area (Å²) in [5.74, 6) is 0.826. The fourth-order valence-electron chi connectivity index (χ4n) is 0.672. The van der Waals surface area contributed by atoms with Crippen LogP contribution in [0, 0.1) is 6.92 Å². The van der Waals surface area contributed by atoms with Gasteiger partial charge in [-0.05, 0) is 13.0 Å². The highest BCUT2D eigenvalue weighted by atomic mass is 32.2. The van der Waals surface area contributed by atoms with Crippen molar-refractivity contribution in [1.29, 1.82) is 0 Å². The number of hydrogen-bond acceptors (Lipinski definition) is 3. The van der Waals surface area contributed by atoms with Gasteiger partial charge in [-0.2, -0.15) is 0 Å². The third kappa shape index (κ3) is 2.31. The van der Waals surface area contributed by atoms with E-state index in [-0.39, 0.29) is 5.91 Å². The zero-order valence-corrected chi connectivity index (χ0v) is 6.98. The zero-order chi connectivity index (χ0) is 8.27. The number of nitrogens with two attached hydrogens (primary N) is 1. The van der Waals surface area contributed by atoms with E-state index >= 15 is 0 Å². The van der Waals surface area contributed by atoms with Gasteiger partial charge in [-0.1, -0.05) is 0 Å². The van der Waals surface area contributed by atoms with Crippen molar-refractivity contribution in [2.24, 2.45) is 5.73 Å². The molecule has 0 unspecified atom stereocenters. The predicted molar refractivity (Wildman–Crippen MR) is 43.4 cm³/mol. The summed E-state index contributed by atoms with van der Waals surface area (Å²) in [6, 6.07) is 1.82. The van der Waals surface area contributed by atoms with Gasteiger partial charge in [0.25, 0.3) is 0 Å². The maximum Gasteiger partial charge on any atom is 0.227 e. The van der Waals surface area contributed by atoms with Crippen molar-refractivity contribution in [2.75, 3.05) is 5.75 Å². The topological polar surface area (TPSA) is 56.2 Å². The van der Waals surface area contributed by atoms with E-state index in [1.807, 2.05) is 13.0 Å². The van der Waals surface area contributed by atoms with Crippen molar-refractivity contribution in [2.45, 2.75) is 11.8 Å². The second-order valence-corrected chi connectivity index (χ2v) is 3.11. The summed E-state index contributed by atoms with van der Waals surface area (Å²) < 4.78 is 5.02. The van der Waals surface area contributed by atoms with Gasteiger partial charge in [0, 0.05) is 4.90 Å². The molecule has 0 aliphatic rings. The van der Waals surface area contributed by atoms with Gasteiger partial charge >= 0.3 is 0 Å². The van der Waals surface area contributed by atoms with Crippen molar-refractivity contribution >= 4 is 17.7 Å². The van der Waals surface area contributed by atoms with Crippen LogP contribution in [-0.2, 0) is 4.79 Å². The summed E-state index contributed by atoms with van der Waals surface area (Å²) in [7, 11) is 0. The van der Waals surface area contributed by atoms with Gasteiger partial charge in [-0.3, -0.25) is 4.79 Å². The maximum atomic E-state index is 10.4. The van der Waals surface area contributed by atoms with Gasteiger partial charge in [0.15, 0.2) is 0 Å². The highest BCUT2D eigenvalue weighted by Gasteiger charge is 2.02. The summed E-state index contributed by atoms with van der Waals surface area (Å²) in [6.07, 6.45) is 1.60. The van der Waals surface area contributed by atoms with E-state index in [4.69, 9.17) is 10.2 Å². The normalized spacial score (nSPS) is 9.91. The van der Waals surface area contributed by atoms with Crippen LogP contribution in [0.3, 0.4) is 0 Å². The van der Waals surface area contributed by atoms with E-state index in [1.54, 1.807) is 6.26 Å². The first kappa shape index (κ1) is 8.20. The van der Waals surface area contributed by atoms with Gasteiger partial charge in [0.1, 0.15) is 5.76 Å². The summed E-state index contributed by atoms with van der Waals surface area (Å²) >= 11 is 1.39. The molecule has 0 saturated carbocycles. The number of thioether (sulfide) groups is 1. The van der Waals surface area contributed by atoms with Crippen LogP contribution < -0.4 is 5.73 Å². The van der Waals surface area contributed by atoms with Crippen molar-refractivity contribution in [3.63, 3.8) is 0 Å². The number of amides is 1. The molecule has 11 heavy (non-hydrogen) atoms. The molecule has 0 bridgehead atoms. The fraction of sp³-hybridized carbons (Fsp3) is 0.286. The summed E-state index contributed by atoms with van der Waals surface area (Å²) in [6.45, 7) is 1.85. The van der Waals surface area contributed by atoms with Crippen LogP contribution in [0.4, 0.5) is 0 Å². The highest BCUT2D eigenvalue weighted by molar-refractivity contribution is 8.00. The lowest BCUT2D eigenvalue weighted by atomic mass is 10.5. The average molecular weight is 171 g/mol. The first-order chi connectivity index (χ1) is 5.20. The number of carbonyl (C=O) groups is 1. The molecule has 0 spiro atoms. The van der Waals surface area contributed by atoms with Crippen molar-refractivity contribution in [3.8, 4) is 0 Å². The van der Waals surface area contributed by atoms with Crippen LogP contribution in [0.2, 0.25) is 0 Å². The third-order valence-electron chi connectivity index (χ3n) is 1.18. The number of rotatable bonds is 3. The van der Waals surface area contributed by atoms with Crippen molar-refractivity contribution in [1.82, 2.24) is 0 Å². The quantitative estimate of drug-likeness (QED) is 0.694. The van der Waals surface area contributed by atoms with Crippen molar-refractivity contribution in [3.05, 3.63) is 18.1 Å². The second-order valence-electron chi connectivity index (χ2n) is 2.10. The zero-order valence-electron chi connectivity index (χ0n) is 6.16. The summed E-state index contributed by atoms with van der Waals surface area (Å²) in [5.41, 5.74) is 4.97. The van der Waals surface area contributed by atoms with Crippen LogP contribution in [0.5, 0.6) is 0 Å². The molecule has 1 heterocycles. The average Bonchev–Trinajstić information content (AvgIpc) is 2.31. The molecule has 1 amide bonds. The molecular weight excluding hydrogens is 162 g/mol. The maximum absolute atomic E-state index is 10.4. The molecule has 0 radical (unpaired) electrons. The number of primary amides is 1.